The number of piperidine rings is 1. The fourth-order valence-corrected chi connectivity index (χ4v) is 3.69. The van der Waals surface area contributed by atoms with Crippen LogP contribution < -0.4 is 0 Å². The Bertz CT molecular complexity index is 898. The summed E-state index contributed by atoms with van der Waals surface area (Å²) in [4.78, 5) is 19.0. The van der Waals surface area contributed by atoms with Crippen LogP contribution in [0.15, 0.2) is 73.1 Å². The number of carbonyl (C=O) groups is 1. The van der Waals surface area contributed by atoms with Gasteiger partial charge >= 0.3 is 0 Å². The highest BCUT2D eigenvalue weighted by Gasteiger charge is 2.35. The summed E-state index contributed by atoms with van der Waals surface area (Å²) in [6.07, 6.45) is 4.67. The molecule has 1 aromatic heterocycles. The summed E-state index contributed by atoms with van der Waals surface area (Å²) in [5.41, 5.74) is 1.08. The van der Waals surface area contributed by atoms with Gasteiger partial charge in [0.2, 0.25) is 5.91 Å². The molecular weight excluding hydrogens is 338 g/mol. The van der Waals surface area contributed by atoms with E-state index in [2.05, 4.69) is 4.98 Å². The number of hydrogen-bond acceptors (Lipinski definition) is 3. The molecule has 0 aliphatic carbocycles. The molecule has 2 heterocycles. The molecule has 0 atom stereocenters. The molecule has 27 heavy (non-hydrogen) atoms. The third-order valence-electron chi connectivity index (χ3n) is 5.31. The Kier molecular flexibility index (Phi) is 4.77. The number of aliphatic hydroxyl groups is 1. The Hall–Kier alpha value is -2.92. The van der Waals surface area contributed by atoms with Gasteiger partial charge in [-0.3, -0.25) is 4.79 Å². The molecule has 0 bridgehead atoms. The lowest BCUT2D eigenvalue weighted by Crippen LogP contribution is -2.46. The highest BCUT2D eigenvalue weighted by atomic mass is 16.3. The molecule has 0 radical (unpaired) electrons. The molecule has 1 aliphatic heterocycles. The fourth-order valence-electron chi connectivity index (χ4n) is 3.69. The maximum absolute atomic E-state index is 12.8. The van der Waals surface area contributed by atoms with Crippen molar-refractivity contribution in [2.75, 3.05) is 13.1 Å². The number of likely N-dealkylation sites (tertiary alicyclic amines) is 1. The van der Waals surface area contributed by atoms with Crippen LogP contribution in [-0.2, 0) is 16.9 Å². The zero-order valence-corrected chi connectivity index (χ0v) is 15.2. The van der Waals surface area contributed by atoms with Crippen molar-refractivity contribution in [3.8, 4) is 11.4 Å². The molecule has 0 unspecified atom stereocenters. The van der Waals surface area contributed by atoms with Gasteiger partial charge in [0.25, 0.3) is 0 Å². The van der Waals surface area contributed by atoms with Gasteiger partial charge in [-0.15, -0.1) is 0 Å². The number of nitrogens with zero attached hydrogens (tertiary/aromatic N) is 3. The molecule has 3 aromatic rings. The second-order valence-electron chi connectivity index (χ2n) is 7.02. The first-order valence-electron chi connectivity index (χ1n) is 9.28. The molecular formula is C22H23N3O2. The molecule has 1 aliphatic rings. The van der Waals surface area contributed by atoms with Crippen LogP contribution >= 0.6 is 0 Å². The predicted octanol–water partition coefficient (Wildman–Crippen LogP) is 3.06. The lowest BCUT2D eigenvalue weighted by molar-refractivity contribution is -0.136. The van der Waals surface area contributed by atoms with Gasteiger partial charge in [0.1, 0.15) is 12.4 Å². The van der Waals surface area contributed by atoms with Crippen LogP contribution in [0.25, 0.3) is 11.4 Å². The van der Waals surface area contributed by atoms with E-state index in [0.29, 0.717) is 25.9 Å². The van der Waals surface area contributed by atoms with Gasteiger partial charge < -0.3 is 14.6 Å². The van der Waals surface area contributed by atoms with Gasteiger partial charge in [0.05, 0.1) is 5.60 Å². The van der Waals surface area contributed by atoms with Crippen molar-refractivity contribution in [3.05, 3.63) is 78.6 Å². The molecule has 5 nitrogen and oxygen atoms in total. The first-order valence-corrected chi connectivity index (χ1v) is 9.28. The maximum Gasteiger partial charge on any atom is 0.242 e. The Balaban J connectivity index is 1.42. The maximum atomic E-state index is 12.8. The van der Waals surface area contributed by atoms with Crippen molar-refractivity contribution in [3.63, 3.8) is 0 Å². The van der Waals surface area contributed by atoms with Crippen LogP contribution in [0.2, 0.25) is 0 Å². The van der Waals surface area contributed by atoms with Crippen molar-refractivity contribution in [2.24, 2.45) is 0 Å². The minimum atomic E-state index is -0.845. The van der Waals surface area contributed by atoms with E-state index < -0.39 is 5.60 Å². The molecule has 4 rings (SSSR count). The molecule has 5 heteroatoms. The Morgan fingerprint density at radius 3 is 2.30 bits per heavy atom. The fraction of sp³-hybridized carbons (Fsp3) is 0.273. The monoisotopic (exact) mass is 361 g/mol. The van der Waals surface area contributed by atoms with Gasteiger partial charge in [-0.05, 0) is 18.4 Å². The third kappa shape index (κ3) is 3.64. The summed E-state index contributed by atoms with van der Waals surface area (Å²) < 4.78 is 1.88. The Morgan fingerprint density at radius 1 is 1.00 bits per heavy atom. The minimum absolute atomic E-state index is 0.0558. The highest BCUT2D eigenvalue weighted by Crippen LogP contribution is 2.32. The number of aromatic nitrogens is 2. The van der Waals surface area contributed by atoms with Crippen molar-refractivity contribution in [2.45, 2.75) is 25.0 Å². The molecule has 2 aromatic carbocycles. The first kappa shape index (κ1) is 17.5. The first-order chi connectivity index (χ1) is 13.2. The molecule has 0 saturated carbocycles. The van der Waals surface area contributed by atoms with Crippen LogP contribution in [0, 0.1) is 0 Å². The zero-order chi connectivity index (χ0) is 18.7. The highest BCUT2D eigenvalue weighted by molar-refractivity contribution is 5.77. The number of imidazole rings is 1. The van der Waals surface area contributed by atoms with Gasteiger partial charge in [0, 0.05) is 31.0 Å². The van der Waals surface area contributed by atoms with E-state index >= 15 is 0 Å². The van der Waals surface area contributed by atoms with Crippen LogP contribution in [0.1, 0.15) is 18.4 Å². The molecule has 0 spiro atoms. The Morgan fingerprint density at radius 2 is 1.63 bits per heavy atom. The lowest BCUT2D eigenvalue weighted by Gasteiger charge is -2.38. The smallest absolute Gasteiger partial charge is 0.242 e. The number of benzene rings is 2. The SMILES string of the molecule is O=C(Cn1ccnc1-c1ccccc1)N1CCC(O)(c2ccccc2)CC1. The van der Waals surface area contributed by atoms with Gasteiger partial charge in [0.15, 0.2) is 0 Å². The average molecular weight is 361 g/mol. The van der Waals surface area contributed by atoms with E-state index in [1.807, 2.05) is 76.3 Å². The van der Waals surface area contributed by atoms with Crippen LogP contribution in [0.4, 0.5) is 0 Å². The van der Waals surface area contributed by atoms with Crippen molar-refractivity contribution in [1.29, 1.82) is 0 Å². The van der Waals surface area contributed by atoms with E-state index in [1.165, 1.54) is 0 Å². The summed E-state index contributed by atoms with van der Waals surface area (Å²) in [6, 6.07) is 19.6. The molecule has 138 valence electrons. The largest absolute Gasteiger partial charge is 0.385 e. The summed E-state index contributed by atoms with van der Waals surface area (Å²) in [7, 11) is 0. The normalized spacial score (nSPS) is 16.3. The zero-order valence-electron chi connectivity index (χ0n) is 15.2. The molecule has 1 amide bonds. The quantitative estimate of drug-likeness (QED) is 0.777. The van der Waals surface area contributed by atoms with Crippen LogP contribution in [0.3, 0.4) is 0 Å². The van der Waals surface area contributed by atoms with E-state index in [1.54, 1.807) is 6.20 Å². The van der Waals surface area contributed by atoms with E-state index in [-0.39, 0.29) is 12.5 Å². The predicted molar refractivity (Wildman–Crippen MR) is 104 cm³/mol. The van der Waals surface area contributed by atoms with Gasteiger partial charge in [-0.1, -0.05) is 60.7 Å². The number of hydrogen-bond donors (Lipinski definition) is 1. The van der Waals surface area contributed by atoms with E-state index in [0.717, 1.165) is 17.0 Å². The number of amides is 1. The summed E-state index contributed by atoms with van der Waals surface area (Å²) >= 11 is 0. The lowest BCUT2D eigenvalue weighted by atomic mass is 9.84. The topological polar surface area (TPSA) is 58.4 Å². The summed E-state index contributed by atoms with van der Waals surface area (Å²) in [6.45, 7) is 1.37. The standard InChI is InChI=1S/C22H23N3O2/c26-20(17-25-16-13-23-21(25)18-7-3-1-4-8-18)24-14-11-22(27,12-15-24)19-9-5-2-6-10-19/h1-10,13,16,27H,11-12,14-15,17H2. The van der Waals surface area contributed by atoms with Crippen molar-refractivity contribution < 1.29 is 9.90 Å². The molecule has 1 fully saturated rings. The second-order valence-corrected chi connectivity index (χ2v) is 7.02. The third-order valence-corrected chi connectivity index (χ3v) is 5.31. The Labute approximate surface area is 158 Å². The van der Waals surface area contributed by atoms with Gasteiger partial charge in [-0.25, -0.2) is 4.98 Å². The number of carbonyl (C=O) groups excluding carboxylic acids is 1. The second kappa shape index (κ2) is 7.37. The van der Waals surface area contributed by atoms with E-state index in [4.69, 9.17) is 0 Å². The summed E-state index contributed by atoms with van der Waals surface area (Å²) in [5.74, 6) is 0.849. The van der Waals surface area contributed by atoms with Gasteiger partial charge in [-0.2, -0.15) is 0 Å². The average Bonchev–Trinajstić information content (AvgIpc) is 3.18. The molecule has 1 N–H and O–H groups in total. The summed E-state index contributed by atoms with van der Waals surface area (Å²) in [5, 5.41) is 10.9. The van der Waals surface area contributed by atoms with Crippen molar-refractivity contribution >= 4 is 5.91 Å². The van der Waals surface area contributed by atoms with Crippen LogP contribution in [-0.4, -0.2) is 38.6 Å². The minimum Gasteiger partial charge on any atom is -0.385 e. The number of rotatable bonds is 4. The van der Waals surface area contributed by atoms with Crippen molar-refractivity contribution in [1.82, 2.24) is 14.5 Å². The van der Waals surface area contributed by atoms with E-state index in [9.17, 15) is 9.90 Å². The molecule has 1 saturated heterocycles. The van der Waals surface area contributed by atoms with Crippen LogP contribution in [0.5, 0.6) is 0 Å².